The van der Waals surface area contributed by atoms with Crippen LogP contribution in [-0.2, 0) is 4.79 Å². The molecule has 0 aromatic heterocycles. The summed E-state index contributed by atoms with van der Waals surface area (Å²) < 4.78 is 0. The summed E-state index contributed by atoms with van der Waals surface area (Å²) >= 11 is 0. The maximum atomic E-state index is 12.6. The Bertz CT molecular complexity index is 905. The van der Waals surface area contributed by atoms with Gasteiger partial charge in [-0.1, -0.05) is 282 Å². The Kier molecular flexibility index (Phi) is 50.5. The first kappa shape index (κ1) is 59.8. The molecule has 0 saturated carbocycles. The molecule has 3 unspecified atom stereocenters. The van der Waals surface area contributed by atoms with Crippen molar-refractivity contribution in [3.05, 3.63) is 24.3 Å². The van der Waals surface area contributed by atoms with Gasteiger partial charge in [-0.25, -0.2) is 0 Å². The maximum absolute atomic E-state index is 12.6. The lowest BCUT2D eigenvalue weighted by Gasteiger charge is -2.23. The normalized spacial score (nSPS) is 13.5. The number of hydrogen-bond donors (Lipinski definition) is 4. The predicted molar refractivity (Wildman–Crippen MR) is 268 cm³/mol. The van der Waals surface area contributed by atoms with Crippen molar-refractivity contribution in [2.45, 2.75) is 321 Å². The zero-order valence-electron chi connectivity index (χ0n) is 41.3. The fraction of sp³-hybridized carbons (Fsp3) is 0.911. The number of rotatable bonds is 51. The fourth-order valence-corrected chi connectivity index (χ4v) is 8.75. The molecule has 0 aliphatic heterocycles. The van der Waals surface area contributed by atoms with E-state index in [1.807, 2.05) is 0 Å². The highest BCUT2D eigenvalue weighted by molar-refractivity contribution is 5.80. The van der Waals surface area contributed by atoms with Crippen molar-refractivity contribution in [1.82, 2.24) is 5.32 Å². The molecular weight excluding hydrogens is 751 g/mol. The lowest BCUT2D eigenvalue weighted by atomic mass is 10.0. The van der Waals surface area contributed by atoms with Crippen LogP contribution in [-0.4, -0.2) is 46.1 Å². The van der Waals surface area contributed by atoms with Gasteiger partial charge in [0.15, 0.2) is 0 Å². The van der Waals surface area contributed by atoms with E-state index < -0.39 is 24.2 Å². The van der Waals surface area contributed by atoms with Crippen LogP contribution in [0.25, 0.3) is 0 Å². The third-order valence-electron chi connectivity index (χ3n) is 13.1. The quantitative estimate of drug-likeness (QED) is 0.0362. The second-order valence-corrected chi connectivity index (χ2v) is 19.1. The van der Waals surface area contributed by atoms with Crippen LogP contribution in [0.5, 0.6) is 0 Å². The van der Waals surface area contributed by atoms with Crippen molar-refractivity contribution in [3.8, 4) is 0 Å². The van der Waals surface area contributed by atoms with Gasteiger partial charge in [0.1, 0.15) is 6.10 Å². The molecule has 0 bridgehead atoms. The number of nitrogens with one attached hydrogen (secondary N) is 1. The van der Waals surface area contributed by atoms with Crippen molar-refractivity contribution in [2.75, 3.05) is 6.61 Å². The van der Waals surface area contributed by atoms with Gasteiger partial charge in [-0.2, -0.15) is 0 Å². The van der Waals surface area contributed by atoms with Gasteiger partial charge < -0.3 is 20.6 Å². The molecule has 5 nitrogen and oxygen atoms in total. The third kappa shape index (κ3) is 46.6. The minimum absolute atomic E-state index is 0.311. The van der Waals surface area contributed by atoms with E-state index in [1.165, 1.54) is 238 Å². The highest BCUT2D eigenvalue weighted by atomic mass is 16.3. The van der Waals surface area contributed by atoms with E-state index >= 15 is 0 Å². The number of aliphatic hydroxyl groups is 3. The van der Waals surface area contributed by atoms with Crippen LogP contribution in [0.1, 0.15) is 303 Å². The molecule has 0 aromatic carbocycles. The van der Waals surface area contributed by atoms with E-state index in [0.717, 1.165) is 38.5 Å². The van der Waals surface area contributed by atoms with Gasteiger partial charge in [0.25, 0.3) is 0 Å². The van der Waals surface area contributed by atoms with Crippen LogP contribution in [0.15, 0.2) is 24.3 Å². The number of amides is 1. The number of carbonyl (C=O) groups excluding carboxylic acids is 1. The molecular formula is C56H109NO4. The van der Waals surface area contributed by atoms with E-state index in [0.29, 0.717) is 12.8 Å². The molecule has 0 aliphatic carbocycles. The van der Waals surface area contributed by atoms with Gasteiger partial charge in [-0.15, -0.1) is 0 Å². The summed E-state index contributed by atoms with van der Waals surface area (Å²) in [6.45, 7) is 4.26. The topological polar surface area (TPSA) is 89.8 Å². The maximum Gasteiger partial charge on any atom is 0.249 e. The van der Waals surface area contributed by atoms with Crippen molar-refractivity contribution in [2.24, 2.45) is 0 Å². The van der Waals surface area contributed by atoms with E-state index in [-0.39, 0.29) is 6.61 Å². The smallest absolute Gasteiger partial charge is 0.249 e. The molecule has 3 atom stereocenters. The second kappa shape index (κ2) is 51.5. The number of unbranched alkanes of at least 4 members (excludes halogenated alkanes) is 39. The van der Waals surface area contributed by atoms with E-state index in [1.54, 1.807) is 0 Å². The number of allylic oxidation sites excluding steroid dienone is 4. The average Bonchev–Trinajstić information content (AvgIpc) is 3.26. The van der Waals surface area contributed by atoms with Gasteiger partial charge in [-0.3, -0.25) is 4.79 Å². The zero-order valence-corrected chi connectivity index (χ0v) is 41.3. The Morgan fingerprint density at radius 1 is 0.393 bits per heavy atom. The molecule has 362 valence electrons. The third-order valence-corrected chi connectivity index (χ3v) is 13.1. The number of hydrogen-bond acceptors (Lipinski definition) is 4. The molecule has 4 N–H and O–H groups in total. The average molecular weight is 860 g/mol. The lowest BCUT2D eigenvalue weighted by molar-refractivity contribution is -0.131. The van der Waals surface area contributed by atoms with Gasteiger partial charge >= 0.3 is 0 Å². The highest BCUT2D eigenvalue weighted by Gasteiger charge is 2.23. The summed E-state index contributed by atoms with van der Waals surface area (Å²) in [4.78, 5) is 12.6. The summed E-state index contributed by atoms with van der Waals surface area (Å²) in [5.74, 6) is -0.467. The molecule has 61 heavy (non-hydrogen) atoms. The zero-order chi connectivity index (χ0) is 44.4. The summed E-state index contributed by atoms with van der Waals surface area (Å²) in [5.41, 5.74) is 0. The molecule has 0 fully saturated rings. The van der Waals surface area contributed by atoms with Crippen LogP contribution in [0.2, 0.25) is 0 Å². The second-order valence-electron chi connectivity index (χ2n) is 19.1. The Balaban J connectivity index is 3.54. The van der Waals surface area contributed by atoms with Crippen LogP contribution in [0.3, 0.4) is 0 Å². The van der Waals surface area contributed by atoms with Crippen LogP contribution < -0.4 is 5.32 Å². The molecule has 0 aliphatic rings. The molecule has 0 spiro atoms. The summed E-state index contributed by atoms with van der Waals surface area (Å²) in [5, 5.41) is 33.5. The molecule has 0 heterocycles. The van der Waals surface area contributed by atoms with Gasteiger partial charge in [0.2, 0.25) is 5.91 Å². The van der Waals surface area contributed by atoms with Crippen LogP contribution in [0, 0.1) is 0 Å². The van der Waals surface area contributed by atoms with Crippen LogP contribution in [0.4, 0.5) is 0 Å². The van der Waals surface area contributed by atoms with Gasteiger partial charge in [0.05, 0.1) is 18.8 Å². The molecule has 0 saturated heterocycles. The van der Waals surface area contributed by atoms with E-state index in [4.69, 9.17) is 0 Å². The summed E-state index contributed by atoms with van der Waals surface area (Å²) in [7, 11) is 0. The molecule has 1 amide bonds. The number of carbonyl (C=O) groups is 1. The minimum atomic E-state index is -1.08. The number of aliphatic hydroxyl groups excluding tert-OH is 3. The first-order valence-electron chi connectivity index (χ1n) is 27.6. The molecule has 0 radical (unpaired) electrons. The fourth-order valence-electron chi connectivity index (χ4n) is 8.75. The Labute approximate surface area is 382 Å². The standard InChI is InChI=1S/C56H109NO4/c1-3-5-7-9-11-13-15-17-19-21-23-24-25-26-27-28-29-30-31-33-35-37-39-41-43-45-47-49-51-55(60)56(61)57-53(52-58)54(59)50-48-46-44-42-40-38-36-34-32-22-20-18-16-14-12-10-8-6-4-2/h23-24,26-27,53-55,58-60H,3-22,25,28-52H2,1-2H3,(H,57,61)/b24-23-,27-26-. The summed E-state index contributed by atoms with van der Waals surface area (Å²) in [6, 6.07) is -0.712. The highest BCUT2D eigenvalue weighted by Crippen LogP contribution is 2.17. The lowest BCUT2D eigenvalue weighted by Crippen LogP contribution is -2.49. The molecule has 0 aromatic rings. The predicted octanol–water partition coefficient (Wildman–Crippen LogP) is 16.9. The Hall–Kier alpha value is -1.17. The van der Waals surface area contributed by atoms with Crippen molar-refractivity contribution >= 4 is 5.91 Å². The first-order valence-corrected chi connectivity index (χ1v) is 27.6. The van der Waals surface area contributed by atoms with E-state index in [2.05, 4.69) is 43.5 Å². The van der Waals surface area contributed by atoms with Crippen molar-refractivity contribution in [1.29, 1.82) is 0 Å². The summed E-state index contributed by atoms with van der Waals surface area (Å²) in [6.07, 6.45) is 65.0. The van der Waals surface area contributed by atoms with Crippen molar-refractivity contribution < 1.29 is 20.1 Å². The molecule has 0 rings (SSSR count). The van der Waals surface area contributed by atoms with Gasteiger partial charge in [-0.05, 0) is 44.9 Å². The van der Waals surface area contributed by atoms with Gasteiger partial charge in [0, 0.05) is 0 Å². The minimum Gasteiger partial charge on any atom is -0.394 e. The monoisotopic (exact) mass is 860 g/mol. The largest absolute Gasteiger partial charge is 0.394 e. The SMILES string of the molecule is CCCCCCCCCCC/C=C\C/C=C\CCCCCCCCCCCCCCC(O)C(=O)NC(CO)C(O)CCCCCCCCCCCCCCCCCCCCC. The van der Waals surface area contributed by atoms with Crippen LogP contribution >= 0.6 is 0 Å². The first-order chi connectivity index (χ1) is 30.1. The Morgan fingerprint density at radius 3 is 0.984 bits per heavy atom. The van der Waals surface area contributed by atoms with Crippen molar-refractivity contribution in [3.63, 3.8) is 0 Å². The Morgan fingerprint density at radius 2 is 0.672 bits per heavy atom. The van der Waals surface area contributed by atoms with E-state index in [9.17, 15) is 20.1 Å². The molecule has 5 heteroatoms.